The van der Waals surface area contributed by atoms with Gasteiger partial charge >= 0.3 is 0 Å². The Bertz CT molecular complexity index is 810. The van der Waals surface area contributed by atoms with E-state index in [2.05, 4.69) is 58.0 Å². The van der Waals surface area contributed by atoms with Gasteiger partial charge < -0.3 is 4.90 Å². The van der Waals surface area contributed by atoms with Crippen LogP contribution in [0.1, 0.15) is 24.4 Å². The Morgan fingerprint density at radius 3 is 2.74 bits per heavy atom. The Balaban J connectivity index is 2.70. The van der Waals surface area contributed by atoms with Crippen molar-refractivity contribution in [2.24, 2.45) is 9.98 Å². The van der Waals surface area contributed by atoms with Crippen LogP contribution in [0.4, 0.5) is 0 Å². The van der Waals surface area contributed by atoms with Gasteiger partial charge in [-0.3, -0.25) is 15.0 Å². The zero-order valence-corrected chi connectivity index (χ0v) is 15.8. The van der Waals surface area contributed by atoms with Gasteiger partial charge in [-0.05, 0) is 48.9 Å². The molecule has 2 rings (SSSR count). The third kappa shape index (κ3) is 5.11. The molecule has 0 aromatic carbocycles. The minimum Gasteiger partial charge on any atom is -0.315 e. The average molecular weight is 358 g/mol. The molecular formula is C23H26N4. The minimum atomic E-state index is -0.191. The van der Waals surface area contributed by atoms with E-state index >= 15 is 0 Å². The van der Waals surface area contributed by atoms with Crippen LogP contribution in [0.5, 0.6) is 0 Å². The zero-order chi connectivity index (χ0) is 19.5. The molecule has 0 amide bonds. The molecule has 1 atom stereocenters. The maximum atomic E-state index is 4.53. The number of allylic oxidation sites excluding steroid dienone is 5. The molecule has 0 N–H and O–H groups in total. The number of aromatic nitrogens is 1. The average Bonchev–Trinajstić information content (AvgIpc) is 2.73. The topological polar surface area (TPSA) is 40.9 Å². The first-order valence-corrected chi connectivity index (χ1v) is 8.86. The smallest absolute Gasteiger partial charge is 0.128 e. The van der Waals surface area contributed by atoms with E-state index in [1.54, 1.807) is 31.6 Å². The summed E-state index contributed by atoms with van der Waals surface area (Å²) in [6, 6.07) is 3.78. The van der Waals surface area contributed by atoms with Crippen LogP contribution in [0.15, 0.2) is 108 Å². The van der Waals surface area contributed by atoms with Crippen LogP contribution in [-0.4, -0.2) is 29.5 Å². The maximum absolute atomic E-state index is 4.53. The Morgan fingerprint density at radius 1 is 1.33 bits per heavy atom. The number of aliphatic imine (C=N–C) groups is 2. The van der Waals surface area contributed by atoms with Crippen molar-refractivity contribution in [2.45, 2.75) is 18.9 Å². The van der Waals surface area contributed by atoms with Crippen LogP contribution >= 0.6 is 0 Å². The number of nitrogens with zero attached hydrogens (tertiary/aromatic N) is 4. The second kappa shape index (κ2) is 10.7. The van der Waals surface area contributed by atoms with Crippen molar-refractivity contribution in [3.8, 4) is 0 Å². The molecule has 4 heteroatoms. The van der Waals surface area contributed by atoms with Crippen LogP contribution in [0.3, 0.4) is 0 Å². The standard InChI is InChI=1S/C23H26N4/c1-5-7-15-22(25-4)27(21-13-9-8-10-14-21)23(19(6-2)17-24-3)20-12-11-16-26-18-20/h5-7,9,11-18,23H,1-3,8,10H2,4H3/b15-7-,19-17+,25-22?. The predicted molar refractivity (Wildman–Crippen MR) is 116 cm³/mol. The van der Waals surface area contributed by atoms with E-state index in [1.165, 1.54) is 0 Å². The van der Waals surface area contributed by atoms with Crippen molar-refractivity contribution in [3.63, 3.8) is 0 Å². The molecule has 0 fully saturated rings. The minimum absolute atomic E-state index is 0.191. The van der Waals surface area contributed by atoms with Gasteiger partial charge in [-0.15, -0.1) is 0 Å². The molecule has 1 heterocycles. The number of hydrogen-bond acceptors (Lipinski definition) is 3. The van der Waals surface area contributed by atoms with E-state index < -0.39 is 0 Å². The van der Waals surface area contributed by atoms with Crippen LogP contribution < -0.4 is 0 Å². The van der Waals surface area contributed by atoms with Crippen LogP contribution in [-0.2, 0) is 0 Å². The first kappa shape index (κ1) is 20.0. The summed E-state index contributed by atoms with van der Waals surface area (Å²) in [5.74, 6) is 0.804. The third-order valence-corrected chi connectivity index (χ3v) is 4.16. The SMILES string of the molecule is C=C/C=C\C(=NC)N(C1=CCCC=C1)C(/C(C=C)=C/N=C)c1cccnc1. The fourth-order valence-corrected chi connectivity index (χ4v) is 2.98. The lowest BCUT2D eigenvalue weighted by atomic mass is 9.96. The predicted octanol–water partition coefficient (Wildman–Crippen LogP) is 5.20. The van der Waals surface area contributed by atoms with Crippen LogP contribution in [0.25, 0.3) is 0 Å². The molecular weight excluding hydrogens is 332 g/mol. The Labute approximate surface area is 162 Å². The van der Waals surface area contributed by atoms with Crippen molar-refractivity contribution < 1.29 is 0 Å². The number of amidine groups is 1. The van der Waals surface area contributed by atoms with E-state index in [0.29, 0.717) is 0 Å². The van der Waals surface area contributed by atoms with Crippen molar-refractivity contribution >= 4 is 12.6 Å². The van der Waals surface area contributed by atoms with E-state index in [1.807, 2.05) is 30.5 Å². The fourth-order valence-electron chi connectivity index (χ4n) is 2.98. The second-order valence-electron chi connectivity index (χ2n) is 5.86. The van der Waals surface area contributed by atoms with Crippen molar-refractivity contribution in [1.29, 1.82) is 0 Å². The Kier molecular flexibility index (Phi) is 7.92. The van der Waals surface area contributed by atoms with Gasteiger partial charge in [-0.25, -0.2) is 0 Å². The zero-order valence-electron chi connectivity index (χ0n) is 15.8. The summed E-state index contributed by atoms with van der Waals surface area (Å²) >= 11 is 0. The molecule has 0 spiro atoms. The van der Waals surface area contributed by atoms with Gasteiger partial charge in [0.1, 0.15) is 5.84 Å². The Morgan fingerprint density at radius 2 is 2.19 bits per heavy atom. The van der Waals surface area contributed by atoms with Crippen LogP contribution in [0, 0.1) is 0 Å². The summed E-state index contributed by atoms with van der Waals surface area (Å²) in [5.41, 5.74) is 2.99. The molecule has 27 heavy (non-hydrogen) atoms. The Hall–Kier alpha value is -3.27. The van der Waals surface area contributed by atoms with Gasteiger partial charge in [-0.1, -0.05) is 49.6 Å². The molecule has 1 aliphatic carbocycles. The molecule has 0 bridgehead atoms. The molecule has 1 unspecified atom stereocenters. The van der Waals surface area contributed by atoms with Crippen molar-refractivity contribution in [2.75, 3.05) is 7.05 Å². The highest BCUT2D eigenvalue weighted by molar-refractivity contribution is 5.95. The first-order valence-electron chi connectivity index (χ1n) is 8.86. The molecule has 1 aliphatic rings. The van der Waals surface area contributed by atoms with Crippen LogP contribution in [0.2, 0.25) is 0 Å². The van der Waals surface area contributed by atoms with Crippen molar-refractivity contribution in [3.05, 3.63) is 103 Å². The number of hydrogen-bond donors (Lipinski definition) is 0. The van der Waals surface area contributed by atoms with E-state index in [0.717, 1.165) is 35.5 Å². The monoisotopic (exact) mass is 358 g/mol. The summed E-state index contributed by atoms with van der Waals surface area (Å²) in [7, 11) is 1.78. The van der Waals surface area contributed by atoms with Gasteiger partial charge in [0.05, 0.1) is 6.04 Å². The van der Waals surface area contributed by atoms with E-state index in [4.69, 9.17) is 0 Å². The molecule has 4 nitrogen and oxygen atoms in total. The first-order chi connectivity index (χ1) is 13.3. The van der Waals surface area contributed by atoms with Gasteiger partial charge in [0.2, 0.25) is 0 Å². The summed E-state index contributed by atoms with van der Waals surface area (Å²) in [4.78, 5) is 15.0. The lowest BCUT2D eigenvalue weighted by molar-refractivity contribution is 0.443. The highest BCUT2D eigenvalue weighted by Crippen LogP contribution is 2.34. The molecule has 0 aliphatic heterocycles. The number of rotatable bonds is 8. The summed E-state index contributed by atoms with van der Waals surface area (Å²) in [5, 5.41) is 0. The number of pyridine rings is 1. The molecule has 0 saturated heterocycles. The van der Waals surface area contributed by atoms with E-state index in [-0.39, 0.29) is 6.04 Å². The van der Waals surface area contributed by atoms with Gasteiger partial charge in [0.25, 0.3) is 0 Å². The molecule has 138 valence electrons. The van der Waals surface area contributed by atoms with Crippen molar-refractivity contribution in [1.82, 2.24) is 9.88 Å². The molecule has 1 aromatic rings. The summed E-state index contributed by atoms with van der Waals surface area (Å²) in [6.45, 7) is 11.4. The highest BCUT2D eigenvalue weighted by Gasteiger charge is 2.27. The van der Waals surface area contributed by atoms with Gasteiger partial charge in [0.15, 0.2) is 0 Å². The maximum Gasteiger partial charge on any atom is 0.128 e. The highest BCUT2D eigenvalue weighted by atomic mass is 15.2. The summed E-state index contributed by atoms with van der Waals surface area (Å²) < 4.78 is 0. The molecule has 0 radical (unpaired) electrons. The quantitative estimate of drug-likeness (QED) is 0.364. The van der Waals surface area contributed by atoms with Gasteiger partial charge in [0, 0.05) is 31.3 Å². The lowest BCUT2D eigenvalue weighted by Crippen LogP contribution is -2.34. The fraction of sp³-hybridized carbons (Fsp3) is 0.174. The molecule has 0 saturated carbocycles. The normalized spacial score (nSPS) is 16.0. The van der Waals surface area contributed by atoms with Gasteiger partial charge in [-0.2, -0.15) is 0 Å². The lowest BCUT2D eigenvalue weighted by Gasteiger charge is -2.36. The second-order valence-corrected chi connectivity index (χ2v) is 5.86. The largest absolute Gasteiger partial charge is 0.315 e. The third-order valence-electron chi connectivity index (χ3n) is 4.16. The molecule has 1 aromatic heterocycles. The summed E-state index contributed by atoms with van der Waals surface area (Å²) in [6.07, 6.45) is 21.3. The van der Waals surface area contributed by atoms with E-state index in [9.17, 15) is 0 Å².